The van der Waals surface area contributed by atoms with E-state index < -0.39 is 0 Å². The topological polar surface area (TPSA) is 23.6 Å². The van der Waals surface area contributed by atoms with Crippen molar-refractivity contribution in [3.05, 3.63) is 84.2 Å². The predicted molar refractivity (Wildman–Crippen MR) is 130 cm³/mol. The molecule has 0 radical (unpaired) electrons. The number of halogens is 1. The van der Waals surface area contributed by atoms with Crippen LogP contribution in [-0.4, -0.2) is 36.9 Å². The molecule has 2 heterocycles. The number of anilines is 1. The van der Waals surface area contributed by atoms with E-state index in [-0.39, 0.29) is 17.5 Å². The fourth-order valence-corrected chi connectivity index (χ4v) is 5.86. The van der Waals surface area contributed by atoms with E-state index in [1.54, 1.807) is 12.1 Å². The molecule has 32 heavy (non-hydrogen) atoms. The van der Waals surface area contributed by atoms with Gasteiger partial charge in [0.25, 0.3) is 0 Å². The molecule has 3 nitrogen and oxygen atoms in total. The van der Waals surface area contributed by atoms with Crippen LogP contribution in [0.25, 0.3) is 11.1 Å². The van der Waals surface area contributed by atoms with Crippen LogP contribution in [0.5, 0.6) is 0 Å². The van der Waals surface area contributed by atoms with E-state index in [4.69, 9.17) is 0 Å². The van der Waals surface area contributed by atoms with Gasteiger partial charge in [0.2, 0.25) is 0 Å². The predicted octanol–water partition coefficient (Wildman–Crippen LogP) is 6.30. The first-order valence-electron chi connectivity index (χ1n) is 11.3. The van der Waals surface area contributed by atoms with E-state index in [0.717, 1.165) is 45.4 Å². The van der Waals surface area contributed by atoms with Crippen LogP contribution >= 0.6 is 11.9 Å². The van der Waals surface area contributed by atoms with Gasteiger partial charge in [0.05, 0.1) is 5.69 Å². The standard InChI is InChI=1S/C27H27FN2OS/c28-22-12-10-20(11-13-22)27(31)21-14-18-29(19-15-21)16-5-17-30-25-8-3-1-6-23(25)24-7-2-4-9-26(24)32-30/h1-4,6-13,21H,5,14-19H2. The number of Topliss-reactive ketones (excluding diaryl/α,β-unsaturated/α-hetero) is 1. The molecule has 0 saturated carbocycles. The molecule has 0 amide bonds. The number of rotatable bonds is 6. The molecular formula is C27H27FN2OS. The van der Waals surface area contributed by atoms with Crippen molar-refractivity contribution < 1.29 is 9.18 Å². The summed E-state index contributed by atoms with van der Waals surface area (Å²) in [6.07, 6.45) is 2.84. The fourth-order valence-electron chi connectivity index (χ4n) is 4.73. The summed E-state index contributed by atoms with van der Waals surface area (Å²) in [5.74, 6) is -0.0864. The molecule has 5 rings (SSSR count). The largest absolute Gasteiger partial charge is 0.311 e. The highest BCUT2D eigenvalue weighted by Crippen LogP contribution is 2.46. The number of fused-ring (bicyclic) bond motifs is 3. The van der Waals surface area contributed by atoms with E-state index in [1.165, 1.54) is 33.8 Å². The van der Waals surface area contributed by atoms with E-state index >= 15 is 0 Å². The first-order valence-corrected chi connectivity index (χ1v) is 12.1. The number of nitrogens with zero attached hydrogens (tertiary/aromatic N) is 2. The first kappa shape index (κ1) is 21.2. The molecule has 3 aromatic rings. The maximum atomic E-state index is 13.1. The Hall–Kier alpha value is -2.63. The minimum Gasteiger partial charge on any atom is -0.311 e. The normalized spacial score (nSPS) is 16.5. The van der Waals surface area contributed by atoms with Gasteiger partial charge in [0, 0.05) is 28.5 Å². The number of hydrogen-bond donors (Lipinski definition) is 0. The second-order valence-corrected chi connectivity index (χ2v) is 9.61. The van der Waals surface area contributed by atoms with Gasteiger partial charge in [0.15, 0.2) is 5.78 Å². The zero-order valence-corrected chi connectivity index (χ0v) is 18.9. The van der Waals surface area contributed by atoms with Crippen molar-refractivity contribution in [3.8, 4) is 11.1 Å². The second-order valence-electron chi connectivity index (χ2n) is 8.55. The quantitative estimate of drug-likeness (QED) is 0.327. The van der Waals surface area contributed by atoms with Crippen LogP contribution in [0.15, 0.2) is 77.7 Å². The molecule has 0 unspecified atom stereocenters. The van der Waals surface area contributed by atoms with Gasteiger partial charge in [-0.05, 0) is 92.8 Å². The molecule has 1 saturated heterocycles. The lowest BCUT2D eigenvalue weighted by Crippen LogP contribution is -2.37. The summed E-state index contributed by atoms with van der Waals surface area (Å²) in [6.45, 7) is 3.93. The molecule has 2 aliphatic heterocycles. The van der Waals surface area contributed by atoms with E-state index in [2.05, 4.69) is 57.7 Å². The summed E-state index contributed by atoms with van der Waals surface area (Å²) in [5, 5.41) is 0. The van der Waals surface area contributed by atoms with E-state index in [1.807, 2.05) is 11.9 Å². The number of carbonyl (C=O) groups excluding carboxylic acids is 1. The number of para-hydroxylation sites is 1. The van der Waals surface area contributed by atoms with Crippen LogP contribution < -0.4 is 4.31 Å². The van der Waals surface area contributed by atoms with Crippen LogP contribution in [0.4, 0.5) is 10.1 Å². The van der Waals surface area contributed by atoms with Gasteiger partial charge < -0.3 is 9.21 Å². The molecule has 5 heteroatoms. The SMILES string of the molecule is O=C(c1ccc(F)cc1)C1CCN(CCCN2Sc3ccccc3-c3ccccc32)CC1. The molecule has 2 aliphatic rings. The Balaban J connectivity index is 1.14. The highest BCUT2D eigenvalue weighted by atomic mass is 32.2. The van der Waals surface area contributed by atoms with Crippen molar-refractivity contribution in [1.29, 1.82) is 0 Å². The Morgan fingerprint density at radius 3 is 2.34 bits per heavy atom. The molecule has 0 aromatic heterocycles. The van der Waals surface area contributed by atoms with E-state index in [0.29, 0.717) is 5.56 Å². The number of likely N-dealkylation sites (tertiary alicyclic amines) is 1. The third kappa shape index (κ3) is 4.45. The van der Waals surface area contributed by atoms with Gasteiger partial charge in [-0.15, -0.1) is 0 Å². The third-order valence-corrected chi connectivity index (χ3v) is 7.63. The van der Waals surface area contributed by atoms with Crippen LogP contribution in [0.1, 0.15) is 29.6 Å². The molecule has 0 aliphatic carbocycles. The van der Waals surface area contributed by atoms with Crippen LogP contribution in [0, 0.1) is 11.7 Å². The van der Waals surface area contributed by atoms with Crippen LogP contribution in [0.2, 0.25) is 0 Å². The third-order valence-electron chi connectivity index (χ3n) is 6.48. The molecule has 164 valence electrons. The van der Waals surface area contributed by atoms with Gasteiger partial charge in [-0.25, -0.2) is 4.39 Å². The lowest BCUT2D eigenvalue weighted by atomic mass is 9.89. The molecule has 0 bridgehead atoms. The second kappa shape index (κ2) is 9.47. The minimum absolute atomic E-state index is 0.0535. The summed E-state index contributed by atoms with van der Waals surface area (Å²) in [7, 11) is 0. The molecule has 0 spiro atoms. The number of carbonyl (C=O) groups is 1. The van der Waals surface area contributed by atoms with Crippen LogP contribution in [0.3, 0.4) is 0 Å². The Bertz CT molecular complexity index is 1090. The lowest BCUT2D eigenvalue weighted by molar-refractivity contribution is 0.0840. The van der Waals surface area contributed by atoms with Crippen molar-refractivity contribution in [1.82, 2.24) is 4.90 Å². The van der Waals surface area contributed by atoms with Crippen molar-refractivity contribution in [3.63, 3.8) is 0 Å². The molecular weight excluding hydrogens is 419 g/mol. The Kier molecular flexibility index (Phi) is 6.28. The monoisotopic (exact) mass is 446 g/mol. The Morgan fingerprint density at radius 2 is 1.56 bits per heavy atom. The lowest BCUT2D eigenvalue weighted by Gasteiger charge is -2.34. The molecule has 0 atom stereocenters. The van der Waals surface area contributed by atoms with Gasteiger partial charge in [-0.3, -0.25) is 4.79 Å². The summed E-state index contributed by atoms with van der Waals surface area (Å²) in [6, 6.07) is 23.2. The zero-order chi connectivity index (χ0) is 21.9. The van der Waals surface area contributed by atoms with E-state index in [9.17, 15) is 9.18 Å². The molecule has 3 aromatic carbocycles. The number of ketones is 1. The summed E-state index contributed by atoms with van der Waals surface area (Å²) in [4.78, 5) is 16.5. The van der Waals surface area contributed by atoms with Crippen molar-refractivity contribution >= 4 is 23.4 Å². The van der Waals surface area contributed by atoms with Gasteiger partial charge >= 0.3 is 0 Å². The summed E-state index contributed by atoms with van der Waals surface area (Å²) >= 11 is 1.83. The number of benzene rings is 3. The maximum Gasteiger partial charge on any atom is 0.166 e. The highest BCUT2D eigenvalue weighted by Gasteiger charge is 2.26. The average molecular weight is 447 g/mol. The van der Waals surface area contributed by atoms with Crippen LogP contribution in [-0.2, 0) is 0 Å². The van der Waals surface area contributed by atoms with Crippen molar-refractivity contribution in [2.45, 2.75) is 24.2 Å². The summed E-state index contributed by atoms with van der Waals surface area (Å²) in [5.41, 5.74) is 4.55. The first-order chi connectivity index (χ1) is 15.7. The maximum absolute atomic E-state index is 13.1. The zero-order valence-electron chi connectivity index (χ0n) is 18.0. The molecule has 1 fully saturated rings. The Labute approximate surface area is 193 Å². The van der Waals surface area contributed by atoms with Gasteiger partial charge in [-0.2, -0.15) is 0 Å². The average Bonchev–Trinajstić information content (AvgIpc) is 2.84. The minimum atomic E-state index is -0.297. The fraction of sp³-hybridized carbons (Fsp3) is 0.296. The van der Waals surface area contributed by atoms with Gasteiger partial charge in [-0.1, -0.05) is 36.4 Å². The highest BCUT2D eigenvalue weighted by molar-refractivity contribution is 8.01. The summed E-state index contributed by atoms with van der Waals surface area (Å²) < 4.78 is 15.5. The van der Waals surface area contributed by atoms with Gasteiger partial charge in [0.1, 0.15) is 5.82 Å². The van der Waals surface area contributed by atoms with Crippen molar-refractivity contribution in [2.75, 3.05) is 30.5 Å². The molecule has 0 N–H and O–H groups in total. The Morgan fingerprint density at radius 1 is 0.875 bits per heavy atom. The smallest absolute Gasteiger partial charge is 0.166 e. The number of piperidine rings is 1. The number of hydrogen-bond acceptors (Lipinski definition) is 4. The van der Waals surface area contributed by atoms with Crippen molar-refractivity contribution in [2.24, 2.45) is 5.92 Å².